The molecule has 1 saturated heterocycles. The number of rotatable bonds is 2. The van der Waals surface area contributed by atoms with Crippen LogP contribution in [0.5, 0.6) is 0 Å². The maximum atomic E-state index is 12.3. The lowest BCUT2D eigenvalue weighted by Gasteiger charge is -2.30. The van der Waals surface area contributed by atoms with Crippen LogP contribution in [0.4, 0.5) is 0 Å². The van der Waals surface area contributed by atoms with Crippen LogP contribution in [0.3, 0.4) is 0 Å². The van der Waals surface area contributed by atoms with E-state index in [1.54, 1.807) is 12.3 Å². The number of hydrogen-bond acceptors (Lipinski definition) is 4. The molecule has 5 nitrogen and oxygen atoms in total. The van der Waals surface area contributed by atoms with Crippen LogP contribution in [0.1, 0.15) is 6.92 Å². The Kier molecular flexibility index (Phi) is 3.82. The average Bonchev–Trinajstić information content (AvgIpc) is 2.29. The van der Waals surface area contributed by atoms with E-state index in [-0.39, 0.29) is 11.0 Å². The van der Waals surface area contributed by atoms with Crippen LogP contribution in [0.15, 0.2) is 27.8 Å². The molecule has 1 unspecified atom stereocenters. The number of ether oxygens (including phenoxy) is 1. The number of hydrogen-bond donors (Lipinski definition) is 0. The monoisotopic (exact) mass is 320 g/mol. The second kappa shape index (κ2) is 5.01. The topological polar surface area (TPSA) is 59.5 Å². The van der Waals surface area contributed by atoms with Crippen molar-refractivity contribution in [3.8, 4) is 0 Å². The van der Waals surface area contributed by atoms with Gasteiger partial charge >= 0.3 is 0 Å². The summed E-state index contributed by atoms with van der Waals surface area (Å²) in [7, 11) is -3.46. The second-order valence-corrected chi connectivity index (χ2v) is 6.74. The van der Waals surface area contributed by atoms with Crippen molar-refractivity contribution in [3.05, 3.63) is 22.9 Å². The zero-order chi connectivity index (χ0) is 12.5. The van der Waals surface area contributed by atoms with E-state index in [0.29, 0.717) is 24.2 Å². The third-order valence-corrected chi connectivity index (χ3v) is 4.79. The van der Waals surface area contributed by atoms with E-state index in [1.807, 2.05) is 6.92 Å². The molecule has 2 rings (SSSR count). The van der Waals surface area contributed by atoms with Gasteiger partial charge in [-0.1, -0.05) is 0 Å². The van der Waals surface area contributed by atoms with E-state index in [9.17, 15) is 8.42 Å². The van der Waals surface area contributed by atoms with Gasteiger partial charge < -0.3 is 4.74 Å². The van der Waals surface area contributed by atoms with Gasteiger partial charge in [-0.05, 0) is 28.9 Å². The molecule has 1 aromatic heterocycles. The maximum absolute atomic E-state index is 12.3. The zero-order valence-corrected chi connectivity index (χ0v) is 11.7. The SMILES string of the molecule is CC1CN(S(=O)(=O)c2cncc(Br)c2)CCO1. The Bertz CT molecular complexity index is 506. The van der Waals surface area contributed by atoms with Crippen molar-refractivity contribution in [2.24, 2.45) is 0 Å². The normalized spacial score (nSPS) is 22.6. The molecule has 17 heavy (non-hydrogen) atoms. The Labute approximate surface area is 109 Å². The van der Waals surface area contributed by atoms with Gasteiger partial charge in [0.25, 0.3) is 0 Å². The van der Waals surface area contributed by atoms with Crippen molar-refractivity contribution in [1.82, 2.24) is 9.29 Å². The van der Waals surface area contributed by atoms with Crippen molar-refractivity contribution >= 4 is 26.0 Å². The van der Waals surface area contributed by atoms with Gasteiger partial charge in [0.15, 0.2) is 0 Å². The predicted octanol–water partition coefficient (Wildman–Crippen LogP) is 1.25. The van der Waals surface area contributed by atoms with Crippen LogP contribution < -0.4 is 0 Å². The van der Waals surface area contributed by atoms with Crippen molar-refractivity contribution in [2.75, 3.05) is 19.7 Å². The first kappa shape index (κ1) is 12.9. The Morgan fingerprint density at radius 2 is 2.29 bits per heavy atom. The molecule has 1 fully saturated rings. The Hall–Kier alpha value is -0.500. The van der Waals surface area contributed by atoms with Crippen molar-refractivity contribution < 1.29 is 13.2 Å². The van der Waals surface area contributed by atoms with E-state index < -0.39 is 10.0 Å². The quantitative estimate of drug-likeness (QED) is 0.823. The molecule has 0 aliphatic carbocycles. The summed E-state index contributed by atoms with van der Waals surface area (Å²) in [5.41, 5.74) is 0. The number of aromatic nitrogens is 1. The third kappa shape index (κ3) is 2.85. The molecule has 1 aliphatic rings. The summed E-state index contributed by atoms with van der Waals surface area (Å²) in [4.78, 5) is 4.09. The van der Waals surface area contributed by atoms with E-state index in [1.165, 1.54) is 10.5 Å². The van der Waals surface area contributed by atoms with Crippen LogP contribution in [-0.2, 0) is 14.8 Å². The van der Waals surface area contributed by atoms with Gasteiger partial charge in [0.1, 0.15) is 4.90 Å². The largest absolute Gasteiger partial charge is 0.376 e. The lowest BCUT2D eigenvalue weighted by atomic mass is 10.3. The molecule has 2 heterocycles. The number of sulfonamides is 1. The zero-order valence-electron chi connectivity index (χ0n) is 9.34. The predicted molar refractivity (Wildman–Crippen MR) is 66.1 cm³/mol. The lowest BCUT2D eigenvalue weighted by molar-refractivity contribution is 0.0102. The van der Waals surface area contributed by atoms with E-state index >= 15 is 0 Å². The molecule has 0 saturated carbocycles. The van der Waals surface area contributed by atoms with Crippen molar-refractivity contribution in [1.29, 1.82) is 0 Å². The number of pyridine rings is 1. The van der Waals surface area contributed by atoms with Crippen LogP contribution in [0.2, 0.25) is 0 Å². The fraction of sp³-hybridized carbons (Fsp3) is 0.500. The molecule has 0 amide bonds. The number of nitrogens with zero attached hydrogens (tertiary/aromatic N) is 2. The highest BCUT2D eigenvalue weighted by Crippen LogP contribution is 2.20. The molecule has 0 spiro atoms. The molecule has 0 bridgehead atoms. The summed E-state index contributed by atoms with van der Waals surface area (Å²) >= 11 is 3.22. The lowest BCUT2D eigenvalue weighted by Crippen LogP contribution is -2.44. The first-order valence-corrected chi connectivity index (χ1v) is 7.46. The van der Waals surface area contributed by atoms with Gasteiger partial charge in [0, 0.05) is 30.0 Å². The summed E-state index contributed by atoms with van der Waals surface area (Å²) in [6.45, 7) is 3.07. The molecule has 1 atom stereocenters. The first-order valence-electron chi connectivity index (χ1n) is 5.22. The Balaban J connectivity index is 2.29. The molecular weight excluding hydrogens is 308 g/mol. The number of halogens is 1. The van der Waals surface area contributed by atoms with Gasteiger partial charge in [-0.3, -0.25) is 4.98 Å². The standard InChI is InChI=1S/C10H13BrN2O3S/c1-8-7-13(2-3-16-8)17(14,15)10-4-9(11)5-12-6-10/h4-6,8H,2-3,7H2,1H3. The second-order valence-electron chi connectivity index (χ2n) is 3.88. The molecular formula is C10H13BrN2O3S. The van der Waals surface area contributed by atoms with Gasteiger partial charge in [-0.2, -0.15) is 4.31 Å². The minimum absolute atomic E-state index is 0.0707. The van der Waals surface area contributed by atoms with E-state index in [0.717, 1.165) is 0 Å². The molecule has 0 N–H and O–H groups in total. The fourth-order valence-corrected chi connectivity index (χ4v) is 3.69. The van der Waals surface area contributed by atoms with Crippen LogP contribution in [-0.4, -0.2) is 43.5 Å². The van der Waals surface area contributed by atoms with Gasteiger partial charge in [-0.25, -0.2) is 8.42 Å². The van der Waals surface area contributed by atoms with Crippen LogP contribution in [0, 0.1) is 0 Å². The summed E-state index contributed by atoms with van der Waals surface area (Å²) in [6, 6.07) is 1.56. The molecule has 1 aromatic rings. The van der Waals surface area contributed by atoms with E-state index in [2.05, 4.69) is 20.9 Å². The van der Waals surface area contributed by atoms with Gasteiger partial charge in [0.05, 0.1) is 12.7 Å². The molecule has 1 aliphatic heterocycles. The Morgan fingerprint density at radius 3 is 2.94 bits per heavy atom. The summed E-state index contributed by atoms with van der Waals surface area (Å²) in [5.74, 6) is 0. The minimum atomic E-state index is -3.46. The van der Waals surface area contributed by atoms with Gasteiger partial charge in [0.2, 0.25) is 10.0 Å². The summed E-state index contributed by atoms with van der Waals surface area (Å²) in [6.07, 6.45) is 2.85. The summed E-state index contributed by atoms with van der Waals surface area (Å²) in [5, 5.41) is 0. The fourth-order valence-electron chi connectivity index (χ4n) is 1.69. The van der Waals surface area contributed by atoms with Crippen LogP contribution >= 0.6 is 15.9 Å². The van der Waals surface area contributed by atoms with E-state index in [4.69, 9.17) is 4.74 Å². The molecule has 94 valence electrons. The van der Waals surface area contributed by atoms with Crippen LogP contribution in [0.25, 0.3) is 0 Å². The number of morpholine rings is 1. The average molecular weight is 321 g/mol. The third-order valence-electron chi connectivity index (χ3n) is 2.52. The smallest absolute Gasteiger partial charge is 0.244 e. The first-order chi connectivity index (χ1) is 8.00. The Morgan fingerprint density at radius 1 is 1.53 bits per heavy atom. The molecule has 0 aromatic carbocycles. The highest BCUT2D eigenvalue weighted by molar-refractivity contribution is 9.10. The molecule has 7 heteroatoms. The van der Waals surface area contributed by atoms with Crippen molar-refractivity contribution in [2.45, 2.75) is 17.9 Å². The highest BCUT2D eigenvalue weighted by atomic mass is 79.9. The summed E-state index contributed by atoms with van der Waals surface area (Å²) < 4.78 is 32.0. The van der Waals surface area contributed by atoms with Gasteiger partial charge in [-0.15, -0.1) is 0 Å². The highest BCUT2D eigenvalue weighted by Gasteiger charge is 2.29. The minimum Gasteiger partial charge on any atom is -0.376 e. The maximum Gasteiger partial charge on any atom is 0.244 e. The molecule has 0 radical (unpaired) electrons. The van der Waals surface area contributed by atoms with Crippen molar-refractivity contribution in [3.63, 3.8) is 0 Å².